The molecule has 0 spiro atoms. The molecule has 138 valence electrons. The van der Waals surface area contributed by atoms with Crippen molar-refractivity contribution in [1.29, 1.82) is 0 Å². The summed E-state index contributed by atoms with van der Waals surface area (Å²) in [6, 6.07) is 23.3. The SMILES string of the molecule is Cc1ccc2nc(-c3ccccc3)cc(C(=O)Oc3ccc(C)c(C)c3)c2c1. The number of esters is 1. The van der Waals surface area contributed by atoms with Gasteiger partial charge in [-0.25, -0.2) is 9.78 Å². The Morgan fingerprint density at radius 3 is 2.36 bits per heavy atom. The average Bonchev–Trinajstić information content (AvgIpc) is 2.70. The van der Waals surface area contributed by atoms with Gasteiger partial charge in [0.1, 0.15) is 5.75 Å². The molecule has 0 aliphatic rings. The van der Waals surface area contributed by atoms with Crippen LogP contribution >= 0.6 is 0 Å². The second kappa shape index (κ2) is 7.28. The highest BCUT2D eigenvalue weighted by atomic mass is 16.5. The highest BCUT2D eigenvalue weighted by molar-refractivity contribution is 6.05. The highest BCUT2D eigenvalue weighted by Gasteiger charge is 2.16. The summed E-state index contributed by atoms with van der Waals surface area (Å²) in [6.07, 6.45) is 0. The predicted molar refractivity (Wildman–Crippen MR) is 113 cm³/mol. The monoisotopic (exact) mass is 367 g/mol. The lowest BCUT2D eigenvalue weighted by atomic mass is 10.0. The number of pyridine rings is 1. The average molecular weight is 367 g/mol. The summed E-state index contributed by atoms with van der Waals surface area (Å²) in [6.45, 7) is 6.04. The van der Waals surface area contributed by atoms with Gasteiger partial charge in [-0.3, -0.25) is 0 Å². The number of carbonyl (C=O) groups excluding carboxylic acids is 1. The molecule has 3 nitrogen and oxygen atoms in total. The molecule has 4 rings (SSSR count). The van der Waals surface area contributed by atoms with Crippen molar-refractivity contribution in [1.82, 2.24) is 4.98 Å². The lowest BCUT2D eigenvalue weighted by Crippen LogP contribution is -2.10. The maximum Gasteiger partial charge on any atom is 0.344 e. The van der Waals surface area contributed by atoms with Crippen molar-refractivity contribution < 1.29 is 9.53 Å². The molecular weight excluding hydrogens is 346 g/mol. The second-order valence-electron chi connectivity index (χ2n) is 7.08. The lowest BCUT2D eigenvalue weighted by molar-refractivity contribution is 0.0736. The number of nitrogens with zero attached hydrogens (tertiary/aromatic N) is 1. The van der Waals surface area contributed by atoms with Gasteiger partial charge in [0.05, 0.1) is 16.8 Å². The first-order chi connectivity index (χ1) is 13.5. The number of aromatic nitrogens is 1. The summed E-state index contributed by atoms with van der Waals surface area (Å²) in [7, 11) is 0. The van der Waals surface area contributed by atoms with Gasteiger partial charge in [-0.1, -0.05) is 48.0 Å². The number of fused-ring (bicyclic) bond motifs is 1. The Balaban J connectivity index is 1.82. The number of hydrogen-bond acceptors (Lipinski definition) is 3. The molecule has 0 aliphatic heterocycles. The van der Waals surface area contributed by atoms with Gasteiger partial charge in [-0.15, -0.1) is 0 Å². The minimum absolute atomic E-state index is 0.376. The Kier molecular flexibility index (Phi) is 4.66. The predicted octanol–water partition coefficient (Wildman–Crippen LogP) is 6.05. The molecule has 4 aromatic rings. The molecule has 3 aromatic carbocycles. The fourth-order valence-electron chi connectivity index (χ4n) is 3.20. The fourth-order valence-corrected chi connectivity index (χ4v) is 3.20. The Hall–Kier alpha value is -3.46. The number of rotatable bonds is 3. The van der Waals surface area contributed by atoms with E-state index in [4.69, 9.17) is 9.72 Å². The van der Waals surface area contributed by atoms with Gasteiger partial charge >= 0.3 is 5.97 Å². The van der Waals surface area contributed by atoms with Gasteiger partial charge < -0.3 is 4.74 Å². The molecule has 1 heterocycles. The zero-order chi connectivity index (χ0) is 19.7. The molecule has 0 fully saturated rings. The first-order valence-corrected chi connectivity index (χ1v) is 9.27. The fraction of sp³-hybridized carbons (Fsp3) is 0.120. The number of aryl methyl sites for hydroxylation is 3. The van der Waals surface area contributed by atoms with Crippen molar-refractivity contribution in [2.45, 2.75) is 20.8 Å². The van der Waals surface area contributed by atoms with Gasteiger partial charge in [-0.05, 0) is 62.2 Å². The van der Waals surface area contributed by atoms with Crippen LogP contribution in [0.15, 0.2) is 72.8 Å². The molecule has 28 heavy (non-hydrogen) atoms. The summed E-state index contributed by atoms with van der Waals surface area (Å²) in [4.78, 5) is 17.8. The topological polar surface area (TPSA) is 39.2 Å². The molecule has 3 heteroatoms. The van der Waals surface area contributed by atoms with E-state index in [2.05, 4.69) is 0 Å². The largest absolute Gasteiger partial charge is 0.423 e. The van der Waals surface area contributed by atoms with Gasteiger partial charge in [0.15, 0.2) is 0 Å². The van der Waals surface area contributed by atoms with Crippen molar-refractivity contribution >= 4 is 16.9 Å². The smallest absolute Gasteiger partial charge is 0.344 e. The van der Waals surface area contributed by atoms with Crippen LogP contribution in [0, 0.1) is 20.8 Å². The van der Waals surface area contributed by atoms with Crippen LogP contribution in [-0.2, 0) is 0 Å². The summed E-state index contributed by atoms with van der Waals surface area (Å²) < 4.78 is 5.71. The molecule has 0 N–H and O–H groups in total. The van der Waals surface area contributed by atoms with E-state index in [0.29, 0.717) is 11.3 Å². The quantitative estimate of drug-likeness (QED) is 0.327. The van der Waals surface area contributed by atoms with Crippen LogP contribution < -0.4 is 4.74 Å². The first-order valence-electron chi connectivity index (χ1n) is 9.27. The zero-order valence-corrected chi connectivity index (χ0v) is 16.2. The molecule has 0 radical (unpaired) electrons. The third-order valence-electron chi connectivity index (χ3n) is 4.94. The van der Waals surface area contributed by atoms with E-state index in [1.54, 1.807) is 0 Å². The number of carbonyl (C=O) groups is 1. The van der Waals surface area contributed by atoms with E-state index in [0.717, 1.165) is 38.9 Å². The van der Waals surface area contributed by atoms with Crippen LogP contribution in [0.4, 0.5) is 0 Å². The van der Waals surface area contributed by atoms with Gasteiger partial charge in [0, 0.05) is 10.9 Å². The first kappa shape index (κ1) is 17.9. The minimum Gasteiger partial charge on any atom is -0.423 e. The van der Waals surface area contributed by atoms with Crippen molar-refractivity contribution in [2.24, 2.45) is 0 Å². The van der Waals surface area contributed by atoms with Gasteiger partial charge in [-0.2, -0.15) is 0 Å². The molecule has 0 unspecified atom stereocenters. The third-order valence-corrected chi connectivity index (χ3v) is 4.94. The van der Waals surface area contributed by atoms with Crippen LogP contribution in [0.3, 0.4) is 0 Å². The molecule has 0 saturated heterocycles. The van der Waals surface area contributed by atoms with E-state index in [1.807, 2.05) is 93.6 Å². The molecule has 0 bridgehead atoms. The summed E-state index contributed by atoms with van der Waals surface area (Å²) >= 11 is 0. The lowest BCUT2D eigenvalue weighted by Gasteiger charge is -2.11. The number of ether oxygens (including phenoxy) is 1. The number of benzene rings is 3. The number of hydrogen-bond donors (Lipinski definition) is 0. The Bertz CT molecular complexity index is 1180. The minimum atomic E-state index is -0.376. The third kappa shape index (κ3) is 3.52. The second-order valence-corrected chi connectivity index (χ2v) is 7.08. The maximum atomic E-state index is 13.1. The molecule has 1 aromatic heterocycles. The normalized spacial score (nSPS) is 10.8. The van der Waals surface area contributed by atoms with Gasteiger partial charge in [0.2, 0.25) is 0 Å². The zero-order valence-electron chi connectivity index (χ0n) is 16.2. The van der Waals surface area contributed by atoms with E-state index < -0.39 is 0 Å². The Labute approximate surface area is 164 Å². The van der Waals surface area contributed by atoms with Crippen molar-refractivity contribution in [3.8, 4) is 17.0 Å². The van der Waals surface area contributed by atoms with E-state index in [-0.39, 0.29) is 5.97 Å². The van der Waals surface area contributed by atoms with Crippen LogP contribution in [0.2, 0.25) is 0 Å². The maximum absolute atomic E-state index is 13.1. The van der Waals surface area contributed by atoms with Crippen molar-refractivity contribution in [3.63, 3.8) is 0 Å². The molecule has 0 saturated carbocycles. The van der Waals surface area contributed by atoms with E-state index in [1.165, 1.54) is 0 Å². The molecule has 0 atom stereocenters. The van der Waals surface area contributed by atoms with E-state index in [9.17, 15) is 4.79 Å². The molecular formula is C25H21NO2. The Morgan fingerprint density at radius 2 is 1.61 bits per heavy atom. The van der Waals surface area contributed by atoms with E-state index >= 15 is 0 Å². The van der Waals surface area contributed by atoms with Crippen LogP contribution in [-0.4, -0.2) is 11.0 Å². The van der Waals surface area contributed by atoms with Crippen LogP contribution in [0.5, 0.6) is 5.75 Å². The van der Waals surface area contributed by atoms with Crippen molar-refractivity contribution in [2.75, 3.05) is 0 Å². The Morgan fingerprint density at radius 1 is 0.821 bits per heavy atom. The highest BCUT2D eigenvalue weighted by Crippen LogP contribution is 2.27. The summed E-state index contributed by atoms with van der Waals surface area (Å²) in [5.74, 6) is 0.172. The summed E-state index contributed by atoms with van der Waals surface area (Å²) in [5, 5.41) is 0.800. The van der Waals surface area contributed by atoms with Gasteiger partial charge in [0.25, 0.3) is 0 Å². The molecule has 0 amide bonds. The standard InChI is InChI=1S/C25H21NO2/c1-16-9-12-23-21(13-16)22(15-24(26-23)19-7-5-4-6-8-19)25(27)28-20-11-10-17(2)18(3)14-20/h4-15H,1-3H3. The van der Waals surface area contributed by atoms with Crippen molar-refractivity contribution in [3.05, 3.63) is 95.1 Å². The van der Waals surface area contributed by atoms with Crippen LogP contribution in [0.1, 0.15) is 27.0 Å². The molecule has 0 aliphatic carbocycles. The van der Waals surface area contributed by atoms with Crippen LogP contribution in [0.25, 0.3) is 22.2 Å². The summed E-state index contributed by atoms with van der Waals surface area (Å²) in [5.41, 5.74) is 6.34.